The van der Waals surface area contributed by atoms with E-state index in [1.165, 1.54) is 44.6 Å². The molecule has 33 heavy (non-hydrogen) atoms. The average Bonchev–Trinajstić information content (AvgIpc) is 2.99. The Balaban J connectivity index is 0.000000618. The fourth-order valence-electron chi connectivity index (χ4n) is 4.40. The molecule has 3 heteroatoms. The van der Waals surface area contributed by atoms with Crippen LogP contribution < -0.4 is 5.32 Å². The lowest BCUT2D eigenvalue weighted by Gasteiger charge is -2.30. The Bertz CT molecular complexity index is 665. The number of hydrogen-bond acceptors (Lipinski definition) is 3. The molecule has 0 fully saturated rings. The number of aldehydes is 1. The minimum Gasteiger partial charge on any atom is -0.389 e. The third kappa shape index (κ3) is 12.8. The van der Waals surface area contributed by atoms with Gasteiger partial charge < -0.3 is 15.2 Å². The van der Waals surface area contributed by atoms with Gasteiger partial charge in [0.05, 0.1) is 6.10 Å². The van der Waals surface area contributed by atoms with E-state index in [1.807, 2.05) is 38.1 Å². The van der Waals surface area contributed by atoms with Crippen LogP contribution in [0.1, 0.15) is 99.0 Å². The summed E-state index contributed by atoms with van der Waals surface area (Å²) in [6.07, 6.45) is 13.9. The smallest absolute Gasteiger partial charge is 0.116 e. The second-order valence-corrected chi connectivity index (χ2v) is 8.97. The molecule has 0 amide bonds. The molecule has 1 aliphatic carbocycles. The summed E-state index contributed by atoms with van der Waals surface area (Å²) >= 11 is 0. The van der Waals surface area contributed by atoms with Gasteiger partial charge >= 0.3 is 0 Å². The van der Waals surface area contributed by atoms with E-state index in [0.29, 0.717) is 11.8 Å². The summed E-state index contributed by atoms with van der Waals surface area (Å²) < 4.78 is 0. The van der Waals surface area contributed by atoms with Crippen LogP contribution in [0.3, 0.4) is 0 Å². The third-order valence-electron chi connectivity index (χ3n) is 6.14. The van der Waals surface area contributed by atoms with Gasteiger partial charge in [-0.3, -0.25) is 0 Å². The lowest BCUT2D eigenvalue weighted by Crippen LogP contribution is -2.31. The highest BCUT2D eigenvalue weighted by atomic mass is 16.3. The summed E-state index contributed by atoms with van der Waals surface area (Å²) in [5.41, 5.74) is 3.67. The van der Waals surface area contributed by atoms with Crippen molar-refractivity contribution in [1.29, 1.82) is 0 Å². The van der Waals surface area contributed by atoms with Crippen molar-refractivity contribution in [3.05, 3.63) is 53.6 Å². The summed E-state index contributed by atoms with van der Waals surface area (Å²) in [5.74, 6) is 1.77. The molecule has 2 aliphatic rings. The highest BCUT2D eigenvalue weighted by Crippen LogP contribution is 2.34. The molecule has 2 N–H and O–H groups in total. The van der Waals surface area contributed by atoms with Crippen molar-refractivity contribution >= 4 is 12.0 Å². The first-order chi connectivity index (χ1) is 16.0. The quantitative estimate of drug-likeness (QED) is 0.338. The van der Waals surface area contributed by atoms with Crippen molar-refractivity contribution < 1.29 is 9.90 Å². The van der Waals surface area contributed by atoms with Crippen LogP contribution in [0.25, 0.3) is 5.70 Å². The lowest BCUT2D eigenvalue weighted by molar-refractivity contribution is -0.106. The van der Waals surface area contributed by atoms with E-state index in [1.54, 1.807) is 0 Å². The maximum Gasteiger partial charge on any atom is 0.116 e. The molecule has 4 unspecified atom stereocenters. The average molecular weight is 458 g/mol. The molecule has 0 saturated carbocycles. The van der Waals surface area contributed by atoms with Gasteiger partial charge in [-0.05, 0) is 56.1 Å². The van der Waals surface area contributed by atoms with Crippen LogP contribution in [0.2, 0.25) is 0 Å². The molecular formula is C30H51NO2. The van der Waals surface area contributed by atoms with Gasteiger partial charge in [0.1, 0.15) is 6.29 Å². The van der Waals surface area contributed by atoms with Crippen molar-refractivity contribution in [3.63, 3.8) is 0 Å². The van der Waals surface area contributed by atoms with Crippen molar-refractivity contribution in [1.82, 2.24) is 5.32 Å². The van der Waals surface area contributed by atoms with Crippen LogP contribution in [0, 0.1) is 17.8 Å². The molecule has 1 heterocycles. The summed E-state index contributed by atoms with van der Waals surface area (Å²) in [7, 11) is 0. The molecule has 1 aromatic rings. The molecule has 0 spiro atoms. The van der Waals surface area contributed by atoms with Gasteiger partial charge in [0, 0.05) is 12.2 Å². The first-order valence-corrected chi connectivity index (χ1v) is 13.2. The van der Waals surface area contributed by atoms with Gasteiger partial charge in [0.15, 0.2) is 0 Å². The number of carbonyl (C=O) groups is 1. The number of rotatable bonds is 6. The molecule has 0 aromatic heterocycles. The van der Waals surface area contributed by atoms with Crippen LogP contribution in [0.15, 0.2) is 48.1 Å². The second-order valence-electron chi connectivity index (χ2n) is 8.97. The summed E-state index contributed by atoms with van der Waals surface area (Å²) in [5, 5.41) is 14.0. The number of hydrogen-bond donors (Lipinski definition) is 2. The number of aliphatic hydroxyl groups is 1. The fraction of sp³-hybridized carbons (Fsp3) is 0.633. The minimum absolute atomic E-state index is 0.348. The van der Waals surface area contributed by atoms with Crippen molar-refractivity contribution in [2.75, 3.05) is 6.54 Å². The first kappa shape index (κ1) is 31.1. The summed E-state index contributed by atoms with van der Waals surface area (Å²) in [4.78, 5) is 8.81. The molecule has 1 aromatic carbocycles. The largest absolute Gasteiger partial charge is 0.389 e. The maximum atomic E-state index is 10.5. The van der Waals surface area contributed by atoms with Crippen molar-refractivity contribution in [2.24, 2.45) is 17.8 Å². The lowest BCUT2D eigenvalue weighted by atomic mass is 9.78. The fourth-order valence-corrected chi connectivity index (χ4v) is 4.40. The number of aliphatic hydroxyl groups excluding tert-OH is 1. The van der Waals surface area contributed by atoms with Gasteiger partial charge in [-0.15, -0.1) is 0 Å². The van der Waals surface area contributed by atoms with E-state index in [9.17, 15) is 5.11 Å². The Hall–Kier alpha value is -1.87. The van der Waals surface area contributed by atoms with Crippen LogP contribution >= 0.6 is 0 Å². The van der Waals surface area contributed by atoms with Gasteiger partial charge in [0.2, 0.25) is 0 Å². The molecular weight excluding hydrogens is 406 g/mol. The number of unbranched alkanes of at least 4 members (excludes halogenated alkanes) is 1. The molecule has 1 aliphatic heterocycles. The van der Waals surface area contributed by atoms with Crippen LogP contribution in [0.5, 0.6) is 0 Å². The third-order valence-corrected chi connectivity index (χ3v) is 6.14. The molecule has 0 radical (unpaired) electrons. The summed E-state index contributed by atoms with van der Waals surface area (Å²) in [6.45, 7) is 15.4. The Morgan fingerprint density at radius 1 is 1.09 bits per heavy atom. The molecule has 188 valence electrons. The van der Waals surface area contributed by atoms with Crippen LogP contribution in [-0.4, -0.2) is 24.0 Å². The van der Waals surface area contributed by atoms with Gasteiger partial charge in [-0.2, -0.15) is 0 Å². The molecule has 0 bridgehead atoms. The van der Waals surface area contributed by atoms with Crippen LogP contribution in [0.4, 0.5) is 0 Å². The predicted octanol–water partition coefficient (Wildman–Crippen LogP) is 7.81. The number of benzene rings is 1. The van der Waals surface area contributed by atoms with E-state index >= 15 is 0 Å². The number of allylic oxidation sites excluding steroid dienone is 1. The predicted molar refractivity (Wildman–Crippen MR) is 145 cm³/mol. The van der Waals surface area contributed by atoms with Crippen molar-refractivity contribution in [3.8, 4) is 0 Å². The highest BCUT2D eigenvalue weighted by molar-refractivity contribution is 5.64. The monoisotopic (exact) mass is 457 g/mol. The standard InChI is InChI=1S/C17H21NO.C9H20.C2H4O.C2H6/c1-12-7-8-15-14(9-12)11-18-16(10-17(15)19)13-5-3-2-4-6-13;1-4-6-8-9(3)7-5-2;1-2-3;1-2/h2-6,9-10,14-15,17-19H,7-8,11H2,1H3;9H,4-8H2,1-3H3;2H,1H3;1-2H3. The topological polar surface area (TPSA) is 49.3 Å². The molecule has 3 rings (SSSR count). The highest BCUT2D eigenvalue weighted by Gasteiger charge is 2.31. The van der Waals surface area contributed by atoms with Crippen molar-refractivity contribution in [2.45, 2.75) is 99.5 Å². The zero-order valence-corrected chi connectivity index (χ0v) is 22.4. The Kier molecular flexibility index (Phi) is 18.5. The number of fused-ring (bicyclic) bond motifs is 1. The minimum atomic E-state index is -0.348. The Morgan fingerprint density at radius 2 is 1.73 bits per heavy atom. The zero-order chi connectivity index (χ0) is 25.1. The Labute approximate surface area is 204 Å². The summed E-state index contributed by atoms with van der Waals surface area (Å²) in [6, 6.07) is 10.3. The van der Waals surface area contributed by atoms with Gasteiger partial charge in [0.25, 0.3) is 0 Å². The molecule has 4 atom stereocenters. The normalized spacial score (nSPS) is 21.9. The number of carbonyl (C=O) groups excluding carboxylic acids is 1. The van der Waals surface area contributed by atoms with E-state index < -0.39 is 0 Å². The SMILES string of the molecule is CC.CC1=CC2CNC(c3ccccc3)=CC(O)C2CC1.CC=O.CCCCC(C)CCC. The number of nitrogens with one attached hydrogen (secondary N) is 1. The van der Waals surface area contributed by atoms with Crippen LogP contribution in [-0.2, 0) is 4.79 Å². The van der Waals surface area contributed by atoms with E-state index in [4.69, 9.17) is 4.79 Å². The van der Waals surface area contributed by atoms with E-state index in [0.717, 1.165) is 42.9 Å². The molecule has 3 nitrogen and oxygen atoms in total. The van der Waals surface area contributed by atoms with Gasteiger partial charge in [-0.25, -0.2) is 0 Å². The van der Waals surface area contributed by atoms with E-state index in [2.05, 4.69) is 51.2 Å². The maximum absolute atomic E-state index is 10.5. The molecule has 0 saturated heterocycles. The first-order valence-electron chi connectivity index (χ1n) is 13.2. The van der Waals surface area contributed by atoms with Gasteiger partial charge in [-0.1, -0.05) is 109 Å². The second kappa shape index (κ2) is 19.6. The Morgan fingerprint density at radius 3 is 2.30 bits per heavy atom. The zero-order valence-electron chi connectivity index (χ0n) is 22.4. The van der Waals surface area contributed by atoms with E-state index in [-0.39, 0.29) is 6.10 Å².